The zero-order chi connectivity index (χ0) is 11.0. The summed E-state index contributed by atoms with van der Waals surface area (Å²) in [5, 5.41) is 11.5. The van der Waals surface area contributed by atoms with Crippen LogP contribution in [0.1, 0.15) is 5.69 Å². The van der Waals surface area contributed by atoms with Crippen molar-refractivity contribution in [2.75, 3.05) is 0 Å². The summed E-state index contributed by atoms with van der Waals surface area (Å²) < 4.78 is 2.01. The van der Waals surface area contributed by atoms with E-state index < -0.39 is 0 Å². The number of pyridine rings is 1. The van der Waals surface area contributed by atoms with Gasteiger partial charge in [-0.2, -0.15) is 4.57 Å². The van der Waals surface area contributed by atoms with Gasteiger partial charge in [0.1, 0.15) is 7.05 Å². The highest BCUT2D eigenvalue weighted by molar-refractivity contribution is 5.78. The molecule has 0 amide bonds. The summed E-state index contributed by atoms with van der Waals surface area (Å²) in [7, 11) is 1.95. The van der Waals surface area contributed by atoms with E-state index >= 15 is 0 Å². The van der Waals surface area contributed by atoms with Gasteiger partial charge in [0.25, 0.3) is 5.69 Å². The summed E-state index contributed by atoms with van der Waals surface area (Å²) in [5.41, 5.74) is 2.25. The molecule has 4 nitrogen and oxygen atoms in total. The predicted octanol–water partition coefficient (Wildman–Crippen LogP) is -1.12. The van der Waals surface area contributed by atoms with Crippen LogP contribution in [0.4, 0.5) is 5.69 Å². The van der Waals surface area contributed by atoms with Crippen LogP contribution in [0.15, 0.2) is 30.3 Å². The van der Waals surface area contributed by atoms with Crippen LogP contribution in [-0.4, -0.2) is 4.92 Å². The maximum Gasteiger partial charge on any atom is 0.270 e. The van der Waals surface area contributed by atoms with Crippen LogP contribution in [0.2, 0.25) is 0 Å². The first-order valence-electron chi connectivity index (χ1n) is 4.63. The normalized spacial score (nSPS) is 9.88. The molecule has 2 aromatic rings. The number of nitrogens with zero attached hydrogens (tertiary/aromatic N) is 2. The number of hydrogen-bond donors (Lipinski definition) is 0. The molecule has 1 aromatic heterocycles. The van der Waals surface area contributed by atoms with Gasteiger partial charge in [-0.1, -0.05) is 0 Å². The molecule has 0 aliphatic rings. The van der Waals surface area contributed by atoms with Crippen LogP contribution >= 0.6 is 0 Å². The van der Waals surface area contributed by atoms with Crippen molar-refractivity contribution in [2.24, 2.45) is 7.05 Å². The van der Waals surface area contributed by atoms with E-state index in [1.54, 1.807) is 12.1 Å². The molecule has 0 saturated carbocycles. The molecule has 0 saturated heterocycles. The number of nitro groups is 1. The average Bonchev–Trinajstić information content (AvgIpc) is 2.23. The highest BCUT2D eigenvalue weighted by atomic mass is 127. The summed E-state index contributed by atoms with van der Waals surface area (Å²) in [5.74, 6) is 0. The van der Waals surface area contributed by atoms with E-state index in [-0.39, 0.29) is 34.6 Å². The number of aryl methyl sites for hydroxylation is 2. The minimum Gasteiger partial charge on any atom is -1.00 e. The molecular formula is C11H11IN2O2. The number of non-ortho nitro benzene ring substituents is 1. The number of aromatic nitrogens is 1. The molecule has 1 aromatic carbocycles. The average molecular weight is 330 g/mol. The van der Waals surface area contributed by atoms with E-state index in [4.69, 9.17) is 0 Å². The molecule has 1 heterocycles. The molecule has 0 aliphatic carbocycles. The number of nitro benzene ring substituents is 1. The summed E-state index contributed by atoms with van der Waals surface area (Å²) in [6, 6.07) is 8.75. The first-order valence-corrected chi connectivity index (χ1v) is 4.63. The quantitative estimate of drug-likeness (QED) is 0.288. The van der Waals surface area contributed by atoms with E-state index in [9.17, 15) is 10.1 Å². The van der Waals surface area contributed by atoms with Gasteiger partial charge in [-0.15, -0.1) is 0 Å². The van der Waals surface area contributed by atoms with Crippen LogP contribution in [0, 0.1) is 17.0 Å². The molecule has 84 valence electrons. The number of fused-ring (bicyclic) bond motifs is 1. The van der Waals surface area contributed by atoms with Gasteiger partial charge in [0.05, 0.1) is 10.3 Å². The van der Waals surface area contributed by atoms with Crippen LogP contribution in [0.5, 0.6) is 0 Å². The van der Waals surface area contributed by atoms with Crippen LogP contribution in [-0.2, 0) is 7.05 Å². The zero-order valence-electron chi connectivity index (χ0n) is 8.98. The van der Waals surface area contributed by atoms with Crippen molar-refractivity contribution in [2.45, 2.75) is 6.92 Å². The van der Waals surface area contributed by atoms with Gasteiger partial charge in [0, 0.05) is 31.2 Å². The van der Waals surface area contributed by atoms with E-state index in [1.165, 1.54) is 6.07 Å². The number of hydrogen-bond acceptors (Lipinski definition) is 2. The predicted molar refractivity (Wildman–Crippen MR) is 56.5 cm³/mol. The lowest BCUT2D eigenvalue weighted by Gasteiger charge is -1.99. The molecule has 0 atom stereocenters. The molecule has 0 spiro atoms. The smallest absolute Gasteiger partial charge is 0.270 e. The molecule has 0 radical (unpaired) electrons. The van der Waals surface area contributed by atoms with Gasteiger partial charge in [-0.3, -0.25) is 10.1 Å². The van der Waals surface area contributed by atoms with E-state index in [2.05, 4.69) is 0 Å². The summed E-state index contributed by atoms with van der Waals surface area (Å²) in [6.45, 7) is 2.00. The highest BCUT2D eigenvalue weighted by Gasteiger charge is 2.12. The molecule has 0 fully saturated rings. The molecule has 0 N–H and O–H groups in total. The third-order valence-corrected chi connectivity index (χ3v) is 2.62. The Balaban J connectivity index is 0.00000128. The molecule has 2 rings (SSSR count). The van der Waals surface area contributed by atoms with Crippen LogP contribution < -0.4 is 28.5 Å². The Morgan fingerprint density at radius 2 is 1.94 bits per heavy atom. The Bertz CT molecular complexity index is 555. The molecule has 0 aliphatic heterocycles. The van der Waals surface area contributed by atoms with Crippen molar-refractivity contribution in [1.82, 2.24) is 0 Å². The Kier molecular flexibility index (Phi) is 3.79. The maximum atomic E-state index is 10.6. The topological polar surface area (TPSA) is 47.0 Å². The highest BCUT2D eigenvalue weighted by Crippen LogP contribution is 2.18. The molecule has 0 bridgehead atoms. The monoisotopic (exact) mass is 330 g/mol. The lowest BCUT2D eigenvalue weighted by molar-refractivity contribution is -0.651. The minimum atomic E-state index is -0.376. The van der Waals surface area contributed by atoms with Gasteiger partial charge >= 0.3 is 0 Å². The summed E-state index contributed by atoms with van der Waals surface area (Å²) in [6.07, 6.45) is 0. The van der Waals surface area contributed by atoms with E-state index in [1.807, 2.05) is 30.7 Å². The van der Waals surface area contributed by atoms with E-state index in [0.717, 1.165) is 16.6 Å². The van der Waals surface area contributed by atoms with Crippen LogP contribution in [0.3, 0.4) is 0 Å². The molecule has 0 unspecified atom stereocenters. The number of benzene rings is 1. The Hall–Kier alpha value is -1.24. The second-order valence-corrected chi connectivity index (χ2v) is 3.53. The fourth-order valence-electron chi connectivity index (χ4n) is 1.61. The maximum absolute atomic E-state index is 10.6. The third-order valence-electron chi connectivity index (χ3n) is 2.62. The molecular weight excluding hydrogens is 319 g/mol. The minimum absolute atomic E-state index is 0. The van der Waals surface area contributed by atoms with Crippen molar-refractivity contribution in [3.63, 3.8) is 0 Å². The Morgan fingerprint density at radius 1 is 1.25 bits per heavy atom. The van der Waals surface area contributed by atoms with Crippen molar-refractivity contribution >= 4 is 16.6 Å². The largest absolute Gasteiger partial charge is 1.00 e. The Morgan fingerprint density at radius 3 is 2.56 bits per heavy atom. The first kappa shape index (κ1) is 12.8. The Labute approximate surface area is 110 Å². The van der Waals surface area contributed by atoms with E-state index in [0.29, 0.717) is 0 Å². The first-order chi connectivity index (χ1) is 7.09. The third kappa shape index (κ3) is 2.13. The second kappa shape index (κ2) is 4.73. The van der Waals surface area contributed by atoms with Gasteiger partial charge in [-0.05, 0) is 6.07 Å². The zero-order valence-corrected chi connectivity index (χ0v) is 11.1. The lowest BCUT2D eigenvalue weighted by atomic mass is 10.2. The fraction of sp³-hybridized carbons (Fsp3) is 0.182. The molecule has 5 heteroatoms. The number of rotatable bonds is 1. The van der Waals surface area contributed by atoms with Crippen molar-refractivity contribution in [1.29, 1.82) is 0 Å². The SMILES string of the molecule is Cc1ccc2cc([N+](=O)[O-])ccc2[n+]1C.[I-]. The summed E-state index contributed by atoms with van der Waals surface area (Å²) in [4.78, 5) is 10.2. The van der Waals surface area contributed by atoms with Gasteiger partial charge in [-0.25, -0.2) is 0 Å². The number of halogens is 1. The second-order valence-electron chi connectivity index (χ2n) is 3.53. The van der Waals surface area contributed by atoms with Gasteiger partial charge in [0.15, 0.2) is 5.69 Å². The van der Waals surface area contributed by atoms with Gasteiger partial charge in [0.2, 0.25) is 5.52 Å². The fourth-order valence-corrected chi connectivity index (χ4v) is 1.61. The van der Waals surface area contributed by atoms with Crippen molar-refractivity contribution < 1.29 is 33.5 Å². The standard InChI is InChI=1S/C11H11N2O2.HI/c1-8-3-4-9-7-10(13(14)15)5-6-11(9)12(8)2;/h3-7H,1-2H3;1H/q+1;/p-1. The van der Waals surface area contributed by atoms with Crippen molar-refractivity contribution in [3.05, 3.63) is 46.1 Å². The summed E-state index contributed by atoms with van der Waals surface area (Å²) >= 11 is 0. The molecule has 16 heavy (non-hydrogen) atoms. The van der Waals surface area contributed by atoms with Gasteiger partial charge < -0.3 is 24.0 Å². The van der Waals surface area contributed by atoms with Crippen LogP contribution in [0.25, 0.3) is 10.9 Å². The van der Waals surface area contributed by atoms with Crippen molar-refractivity contribution in [3.8, 4) is 0 Å². The lowest BCUT2D eigenvalue weighted by Crippen LogP contribution is -3.00.